The van der Waals surface area contributed by atoms with Gasteiger partial charge in [0, 0.05) is 26.7 Å². The number of nitrogens with one attached hydrogen (secondary N) is 1. The monoisotopic (exact) mass is 298 g/mol. The predicted octanol–water partition coefficient (Wildman–Crippen LogP) is 1.72. The molecule has 0 aromatic rings. The van der Waals surface area contributed by atoms with E-state index in [1.807, 2.05) is 0 Å². The van der Waals surface area contributed by atoms with E-state index >= 15 is 0 Å². The van der Waals surface area contributed by atoms with Crippen molar-refractivity contribution < 1.29 is 19.4 Å². The minimum absolute atomic E-state index is 0.118. The van der Waals surface area contributed by atoms with E-state index < -0.39 is 5.97 Å². The lowest BCUT2D eigenvalue weighted by Gasteiger charge is -2.27. The molecule has 0 heterocycles. The number of nitrogens with zero attached hydrogens (tertiary/aromatic N) is 1. The lowest BCUT2D eigenvalue weighted by molar-refractivity contribution is -0.143. The van der Waals surface area contributed by atoms with Crippen molar-refractivity contribution in [2.24, 2.45) is 11.8 Å². The lowest BCUT2D eigenvalue weighted by Crippen LogP contribution is -2.43. The van der Waals surface area contributed by atoms with Gasteiger partial charge in [0.15, 0.2) is 0 Å². The quantitative estimate of drug-likeness (QED) is 0.669. The van der Waals surface area contributed by atoms with E-state index in [1.165, 1.54) is 0 Å². The molecule has 0 atom stereocenters. The van der Waals surface area contributed by atoms with Crippen LogP contribution < -0.4 is 5.32 Å². The Hall–Kier alpha value is -1.56. The summed E-state index contributed by atoms with van der Waals surface area (Å²) in [6.07, 6.45) is 4.81. The predicted molar refractivity (Wildman–Crippen MR) is 80.1 cm³/mol. The molecule has 6 nitrogen and oxygen atoms in total. The van der Waals surface area contributed by atoms with Gasteiger partial charge in [0.2, 0.25) is 0 Å². The molecule has 0 bridgehead atoms. The van der Waals surface area contributed by atoms with E-state index in [9.17, 15) is 9.59 Å². The number of carboxylic acids is 1. The average Bonchev–Trinajstić information content (AvgIpc) is 2.49. The summed E-state index contributed by atoms with van der Waals surface area (Å²) in [7, 11) is 1.60. The second-order valence-electron chi connectivity index (χ2n) is 5.47. The summed E-state index contributed by atoms with van der Waals surface area (Å²) in [6, 6.07) is -0.118. The van der Waals surface area contributed by atoms with E-state index in [1.54, 1.807) is 18.1 Å². The van der Waals surface area contributed by atoms with Crippen molar-refractivity contribution in [1.82, 2.24) is 10.2 Å². The Morgan fingerprint density at radius 1 is 1.38 bits per heavy atom. The molecule has 1 fully saturated rings. The molecular weight excluding hydrogens is 272 g/mol. The number of urea groups is 1. The van der Waals surface area contributed by atoms with Gasteiger partial charge in [-0.25, -0.2) is 4.79 Å². The first kappa shape index (κ1) is 17.5. The molecule has 1 rings (SSSR count). The van der Waals surface area contributed by atoms with Crippen LogP contribution in [0.1, 0.15) is 25.7 Å². The topological polar surface area (TPSA) is 78.9 Å². The maximum absolute atomic E-state index is 12.1. The minimum atomic E-state index is -0.700. The fourth-order valence-corrected chi connectivity index (χ4v) is 2.59. The van der Waals surface area contributed by atoms with Crippen LogP contribution in [0.4, 0.5) is 4.79 Å². The van der Waals surface area contributed by atoms with Crippen molar-refractivity contribution >= 4 is 12.0 Å². The van der Waals surface area contributed by atoms with Gasteiger partial charge in [0.25, 0.3) is 0 Å². The van der Waals surface area contributed by atoms with E-state index in [0.717, 1.165) is 12.8 Å². The minimum Gasteiger partial charge on any atom is -0.481 e. The number of carbonyl (C=O) groups is 2. The molecule has 0 saturated heterocycles. The Balaban J connectivity index is 2.31. The van der Waals surface area contributed by atoms with Crippen LogP contribution >= 0.6 is 0 Å². The maximum atomic E-state index is 12.1. The first-order valence-electron chi connectivity index (χ1n) is 7.43. The van der Waals surface area contributed by atoms with Crippen LogP contribution in [0.15, 0.2) is 12.7 Å². The van der Waals surface area contributed by atoms with Crippen LogP contribution in [-0.2, 0) is 9.53 Å². The maximum Gasteiger partial charge on any atom is 0.317 e. The summed E-state index contributed by atoms with van der Waals surface area (Å²) in [5.41, 5.74) is 0. The molecule has 21 heavy (non-hydrogen) atoms. The Bertz CT molecular complexity index is 352. The SMILES string of the molecule is C=CCN(CCOC)C(=O)NCC1CCC(C(=O)O)CC1. The largest absolute Gasteiger partial charge is 0.481 e. The van der Waals surface area contributed by atoms with Gasteiger partial charge in [-0.1, -0.05) is 6.08 Å². The molecule has 1 aliphatic carbocycles. The molecule has 0 aromatic heterocycles. The fraction of sp³-hybridized carbons (Fsp3) is 0.733. The summed E-state index contributed by atoms with van der Waals surface area (Å²) in [5.74, 6) is -0.539. The Morgan fingerprint density at radius 3 is 2.57 bits per heavy atom. The first-order chi connectivity index (χ1) is 10.1. The standard InChI is InChI=1S/C15H26N2O4/c1-3-8-17(9-10-21-2)15(20)16-11-12-4-6-13(7-5-12)14(18)19/h3,12-13H,1,4-11H2,2H3,(H,16,20)(H,18,19). The number of ether oxygens (including phenoxy) is 1. The highest BCUT2D eigenvalue weighted by atomic mass is 16.5. The van der Waals surface area contributed by atoms with Crippen molar-refractivity contribution in [1.29, 1.82) is 0 Å². The van der Waals surface area contributed by atoms with Crippen LogP contribution in [0, 0.1) is 11.8 Å². The number of hydrogen-bond acceptors (Lipinski definition) is 3. The molecule has 120 valence electrons. The van der Waals surface area contributed by atoms with Crippen LogP contribution in [0.2, 0.25) is 0 Å². The molecule has 0 radical (unpaired) electrons. The van der Waals surface area contributed by atoms with Gasteiger partial charge in [-0.3, -0.25) is 4.79 Å². The van der Waals surface area contributed by atoms with E-state index in [4.69, 9.17) is 9.84 Å². The summed E-state index contributed by atoms with van der Waals surface area (Å²) in [6.45, 7) is 5.76. The van der Waals surface area contributed by atoms with E-state index in [-0.39, 0.29) is 11.9 Å². The zero-order valence-corrected chi connectivity index (χ0v) is 12.7. The smallest absolute Gasteiger partial charge is 0.317 e. The second-order valence-corrected chi connectivity index (χ2v) is 5.47. The molecule has 0 aliphatic heterocycles. The number of hydrogen-bond donors (Lipinski definition) is 2. The third-order valence-electron chi connectivity index (χ3n) is 3.94. The molecule has 1 aliphatic rings. The highest BCUT2D eigenvalue weighted by Crippen LogP contribution is 2.28. The fourth-order valence-electron chi connectivity index (χ4n) is 2.59. The normalized spacial score (nSPS) is 21.6. The molecule has 2 amide bonds. The molecule has 0 unspecified atom stereocenters. The molecule has 0 spiro atoms. The molecular formula is C15H26N2O4. The second kappa shape index (κ2) is 9.39. The third-order valence-corrected chi connectivity index (χ3v) is 3.94. The number of methoxy groups -OCH3 is 1. The Morgan fingerprint density at radius 2 is 2.05 bits per heavy atom. The summed E-state index contributed by atoms with van der Waals surface area (Å²) in [4.78, 5) is 24.6. The number of carbonyl (C=O) groups excluding carboxylic acids is 1. The van der Waals surface area contributed by atoms with Gasteiger partial charge >= 0.3 is 12.0 Å². The van der Waals surface area contributed by atoms with Crippen LogP contribution in [-0.4, -0.2) is 55.4 Å². The van der Waals surface area contributed by atoms with Crippen molar-refractivity contribution in [3.8, 4) is 0 Å². The Kier molecular flexibility index (Phi) is 7.82. The summed E-state index contributed by atoms with van der Waals surface area (Å²) < 4.78 is 4.99. The van der Waals surface area contributed by atoms with E-state index in [0.29, 0.717) is 45.0 Å². The first-order valence-corrected chi connectivity index (χ1v) is 7.43. The Labute approximate surface area is 126 Å². The number of aliphatic carboxylic acids is 1. The van der Waals surface area contributed by atoms with Gasteiger partial charge in [0.1, 0.15) is 0 Å². The van der Waals surface area contributed by atoms with Gasteiger partial charge in [-0.05, 0) is 31.6 Å². The zero-order chi connectivity index (χ0) is 15.7. The molecule has 2 N–H and O–H groups in total. The third kappa shape index (κ3) is 6.16. The van der Waals surface area contributed by atoms with Gasteiger partial charge in [-0.15, -0.1) is 6.58 Å². The molecule has 1 saturated carbocycles. The van der Waals surface area contributed by atoms with Crippen LogP contribution in [0.5, 0.6) is 0 Å². The molecule has 6 heteroatoms. The van der Waals surface area contributed by atoms with Gasteiger partial charge < -0.3 is 20.1 Å². The highest BCUT2D eigenvalue weighted by molar-refractivity contribution is 5.74. The van der Waals surface area contributed by atoms with Crippen LogP contribution in [0.25, 0.3) is 0 Å². The number of amides is 2. The van der Waals surface area contributed by atoms with Crippen molar-refractivity contribution in [3.05, 3.63) is 12.7 Å². The molecule has 0 aromatic carbocycles. The van der Waals surface area contributed by atoms with Crippen molar-refractivity contribution in [2.45, 2.75) is 25.7 Å². The highest BCUT2D eigenvalue weighted by Gasteiger charge is 2.26. The number of carboxylic acid groups (broad SMARTS) is 1. The number of rotatable bonds is 8. The van der Waals surface area contributed by atoms with Crippen LogP contribution in [0.3, 0.4) is 0 Å². The summed E-state index contributed by atoms with van der Waals surface area (Å²) in [5, 5.41) is 11.9. The lowest BCUT2D eigenvalue weighted by atomic mass is 9.82. The van der Waals surface area contributed by atoms with Gasteiger partial charge in [0.05, 0.1) is 12.5 Å². The average molecular weight is 298 g/mol. The van der Waals surface area contributed by atoms with Gasteiger partial charge in [-0.2, -0.15) is 0 Å². The van der Waals surface area contributed by atoms with Crippen molar-refractivity contribution in [3.63, 3.8) is 0 Å². The van der Waals surface area contributed by atoms with E-state index in [2.05, 4.69) is 11.9 Å². The zero-order valence-electron chi connectivity index (χ0n) is 12.7. The summed E-state index contributed by atoms with van der Waals surface area (Å²) >= 11 is 0. The van der Waals surface area contributed by atoms with Crippen molar-refractivity contribution in [2.75, 3.05) is 33.4 Å².